The lowest BCUT2D eigenvalue weighted by Crippen LogP contribution is -2.32. The SMILES string of the molecule is CCOC(=NCCc1ccc(OC)c(OC)c1)NC(=O)c1cccs1. The summed E-state index contributed by atoms with van der Waals surface area (Å²) in [7, 11) is 3.21. The fourth-order valence-electron chi connectivity index (χ4n) is 2.15. The Morgan fingerprint density at radius 1 is 1.20 bits per heavy atom. The molecular weight excluding hydrogens is 340 g/mol. The third-order valence-corrected chi connectivity index (χ3v) is 4.22. The van der Waals surface area contributed by atoms with Gasteiger partial charge in [0.25, 0.3) is 11.9 Å². The van der Waals surface area contributed by atoms with Gasteiger partial charge in [0.05, 0.1) is 25.7 Å². The number of nitrogens with zero attached hydrogens (tertiary/aromatic N) is 1. The van der Waals surface area contributed by atoms with E-state index in [0.717, 1.165) is 5.56 Å². The minimum absolute atomic E-state index is 0.215. The van der Waals surface area contributed by atoms with E-state index in [1.54, 1.807) is 20.3 Å². The molecule has 1 aromatic carbocycles. The molecule has 0 saturated carbocycles. The van der Waals surface area contributed by atoms with E-state index in [-0.39, 0.29) is 11.9 Å². The number of amidine groups is 1. The van der Waals surface area contributed by atoms with E-state index in [1.165, 1.54) is 11.3 Å². The van der Waals surface area contributed by atoms with Crippen LogP contribution in [0.15, 0.2) is 40.7 Å². The van der Waals surface area contributed by atoms with Gasteiger partial charge in [0.15, 0.2) is 11.5 Å². The van der Waals surface area contributed by atoms with Gasteiger partial charge in [0.2, 0.25) is 0 Å². The molecule has 0 aliphatic rings. The van der Waals surface area contributed by atoms with Crippen molar-refractivity contribution in [3.63, 3.8) is 0 Å². The van der Waals surface area contributed by atoms with Crippen LogP contribution in [0.4, 0.5) is 0 Å². The number of carbonyl (C=O) groups is 1. The normalized spacial score (nSPS) is 11.1. The van der Waals surface area contributed by atoms with E-state index < -0.39 is 0 Å². The lowest BCUT2D eigenvalue weighted by molar-refractivity contribution is 0.0970. The van der Waals surface area contributed by atoms with E-state index >= 15 is 0 Å². The summed E-state index contributed by atoms with van der Waals surface area (Å²) in [6.45, 7) is 2.76. The average Bonchev–Trinajstić information content (AvgIpc) is 3.16. The summed E-state index contributed by atoms with van der Waals surface area (Å²) < 4.78 is 15.9. The summed E-state index contributed by atoms with van der Waals surface area (Å²) in [6.07, 6.45) is 0.686. The standard InChI is InChI=1S/C18H22N2O4S/c1-4-24-18(20-17(21)16-6-5-11-25-16)19-10-9-13-7-8-14(22-2)15(12-13)23-3/h5-8,11-12H,4,9-10H2,1-3H3,(H,19,20,21). The van der Waals surface area contributed by atoms with Crippen molar-refractivity contribution in [2.45, 2.75) is 13.3 Å². The Kier molecular flexibility index (Phi) is 7.28. The highest BCUT2D eigenvalue weighted by Crippen LogP contribution is 2.27. The van der Waals surface area contributed by atoms with Crippen LogP contribution in [0.3, 0.4) is 0 Å². The molecule has 2 rings (SSSR count). The maximum Gasteiger partial charge on any atom is 0.291 e. The number of ether oxygens (including phenoxy) is 3. The van der Waals surface area contributed by atoms with Gasteiger partial charge < -0.3 is 14.2 Å². The molecule has 1 aromatic heterocycles. The van der Waals surface area contributed by atoms with Gasteiger partial charge in [-0.15, -0.1) is 11.3 Å². The van der Waals surface area contributed by atoms with Crippen LogP contribution >= 0.6 is 11.3 Å². The van der Waals surface area contributed by atoms with Crippen LogP contribution in [0.2, 0.25) is 0 Å². The summed E-state index contributed by atoms with van der Waals surface area (Å²) >= 11 is 1.37. The van der Waals surface area contributed by atoms with Gasteiger partial charge in [-0.3, -0.25) is 10.1 Å². The first kappa shape index (κ1) is 18.8. The fraction of sp³-hybridized carbons (Fsp3) is 0.333. The first-order valence-electron chi connectivity index (χ1n) is 7.91. The number of carbonyl (C=O) groups excluding carboxylic acids is 1. The second-order valence-corrected chi connectivity index (χ2v) is 5.94. The van der Waals surface area contributed by atoms with Crippen molar-refractivity contribution in [1.29, 1.82) is 0 Å². The Morgan fingerprint density at radius 2 is 2.00 bits per heavy atom. The molecule has 0 saturated heterocycles. The van der Waals surface area contributed by atoms with Gasteiger partial charge in [0, 0.05) is 6.54 Å². The van der Waals surface area contributed by atoms with Crippen LogP contribution < -0.4 is 14.8 Å². The lowest BCUT2D eigenvalue weighted by Gasteiger charge is -2.10. The van der Waals surface area contributed by atoms with Crippen molar-refractivity contribution < 1.29 is 19.0 Å². The van der Waals surface area contributed by atoms with Gasteiger partial charge >= 0.3 is 0 Å². The number of thiophene rings is 1. The van der Waals surface area contributed by atoms with Crippen molar-refractivity contribution in [2.24, 2.45) is 4.99 Å². The maximum atomic E-state index is 12.1. The van der Waals surface area contributed by atoms with Crippen LogP contribution in [0.5, 0.6) is 11.5 Å². The number of benzene rings is 1. The van der Waals surface area contributed by atoms with Gasteiger partial charge in [-0.1, -0.05) is 12.1 Å². The molecule has 0 radical (unpaired) electrons. The van der Waals surface area contributed by atoms with Crippen molar-refractivity contribution >= 4 is 23.3 Å². The van der Waals surface area contributed by atoms with Crippen molar-refractivity contribution in [2.75, 3.05) is 27.4 Å². The molecule has 25 heavy (non-hydrogen) atoms. The van der Waals surface area contributed by atoms with Crippen LogP contribution in [0, 0.1) is 0 Å². The predicted octanol–water partition coefficient (Wildman–Crippen LogP) is 3.13. The molecule has 0 aliphatic carbocycles. The van der Waals surface area contributed by atoms with E-state index in [2.05, 4.69) is 10.3 Å². The minimum Gasteiger partial charge on any atom is -0.493 e. The Balaban J connectivity index is 1.98. The van der Waals surface area contributed by atoms with E-state index in [0.29, 0.717) is 35.9 Å². The van der Waals surface area contributed by atoms with Crippen LogP contribution in [-0.4, -0.2) is 39.3 Å². The third-order valence-electron chi connectivity index (χ3n) is 3.35. The van der Waals surface area contributed by atoms with Gasteiger partial charge in [0.1, 0.15) is 0 Å². The number of hydrogen-bond acceptors (Lipinski definition) is 6. The van der Waals surface area contributed by atoms with E-state index in [1.807, 2.05) is 36.6 Å². The van der Waals surface area contributed by atoms with Gasteiger partial charge in [-0.25, -0.2) is 4.99 Å². The maximum absolute atomic E-state index is 12.1. The molecule has 0 bridgehead atoms. The third kappa shape index (κ3) is 5.49. The second-order valence-electron chi connectivity index (χ2n) is 4.99. The number of aliphatic imine (C=N–C) groups is 1. The molecule has 6 nitrogen and oxygen atoms in total. The summed E-state index contributed by atoms with van der Waals surface area (Å²) in [5, 5.41) is 4.55. The zero-order valence-electron chi connectivity index (χ0n) is 14.6. The quantitative estimate of drug-likeness (QED) is 0.607. The molecule has 0 atom stereocenters. The van der Waals surface area contributed by atoms with Crippen molar-refractivity contribution in [1.82, 2.24) is 5.32 Å². The number of amides is 1. The van der Waals surface area contributed by atoms with E-state index in [4.69, 9.17) is 14.2 Å². The molecule has 0 fully saturated rings. The highest BCUT2D eigenvalue weighted by Gasteiger charge is 2.10. The first-order valence-corrected chi connectivity index (χ1v) is 8.79. The van der Waals surface area contributed by atoms with Crippen LogP contribution in [0.25, 0.3) is 0 Å². The Hall–Kier alpha value is -2.54. The molecule has 7 heteroatoms. The molecule has 1 heterocycles. The van der Waals surface area contributed by atoms with E-state index in [9.17, 15) is 4.79 Å². The Labute approximate surface area is 151 Å². The lowest BCUT2D eigenvalue weighted by atomic mass is 10.1. The summed E-state index contributed by atoms with van der Waals surface area (Å²) in [5.74, 6) is 1.15. The molecular formula is C18H22N2O4S. The van der Waals surface area contributed by atoms with Crippen molar-refractivity contribution in [3.05, 3.63) is 46.2 Å². The number of nitrogens with one attached hydrogen (secondary N) is 1. The summed E-state index contributed by atoms with van der Waals surface area (Å²) in [6, 6.07) is 9.56. The molecule has 134 valence electrons. The molecule has 0 spiro atoms. The monoisotopic (exact) mass is 362 g/mol. The Bertz CT molecular complexity index is 714. The number of hydrogen-bond donors (Lipinski definition) is 1. The largest absolute Gasteiger partial charge is 0.493 e. The smallest absolute Gasteiger partial charge is 0.291 e. The molecule has 1 amide bonds. The average molecular weight is 362 g/mol. The fourth-order valence-corrected chi connectivity index (χ4v) is 2.77. The molecule has 0 aliphatic heterocycles. The second kappa shape index (κ2) is 9.68. The van der Waals surface area contributed by atoms with Crippen molar-refractivity contribution in [3.8, 4) is 11.5 Å². The molecule has 1 N–H and O–H groups in total. The minimum atomic E-state index is -0.215. The van der Waals surface area contributed by atoms with Gasteiger partial charge in [-0.05, 0) is 42.5 Å². The molecule has 0 unspecified atom stereocenters. The highest BCUT2D eigenvalue weighted by atomic mass is 32.1. The molecule has 2 aromatic rings. The van der Waals surface area contributed by atoms with Crippen LogP contribution in [0.1, 0.15) is 22.2 Å². The van der Waals surface area contributed by atoms with Gasteiger partial charge in [-0.2, -0.15) is 0 Å². The topological polar surface area (TPSA) is 69.2 Å². The zero-order valence-corrected chi connectivity index (χ0v) is 15.4. The highest BCUT2D eigenvalue weighted by molar-refractivity contribution is 7.12. The first-order chi connectivity index (χ1) is 12.2. The van der Waals surface area contributed by atoms with Crippen LogP contribution in [-0.2, 0) is 11.2 Å². The number of methoxy groups -OCH3 is 2. The Morgan fingerprint density at radius 3 is 2.64 bits per heavy atom. The summed E-state index contributed by atoms with van der Waals surface area (Å²) in [4.78, 5) is 17.1. The summed E-state index contributed by atoms with van der Waals surface area (Å²) in [5.41, 5.74) is 1.06. The zero-order chi connectivity index (χ0) is 18.1. The predicted molar refractivity (Wildman–Crippen MR) is 99.0 cm³/mol. The number of rotatable bonds is 7.